The predicted octanol–water partition coefficient (Wildman–Crippen LogP) is 4.19. The quantitative estimate of drug-likeness (QED) is 0.504. The highest BCUT2D eigenvalue weighted by Crippen LogP contribution is 2.28. The van der Waals surface area contributed by atoms with E-state index < -0.39 is 35.8 Å². The topological polar surface area (TPSA) is 92.8 Å². The second-order valence-corrected chi connectivity index (χ2v) is 9.01. The first kappa shape index (κ1) is 24.2. The third kappa shape index (κ3) is 4.97. The molecular formula is C26H30N2O5. The smallest absolute Gasteiger partial charge is 0.330 e. The summed E-state index contributed by atoms with van der Waals surface area (Å²) in [7, 11) is 0. The van der Waals surface area contributed by atoms with Crippen LogP contribution in [0.1, 0.15) is 64.6 Å². The Balaban J connectivity index is 1.78. The van der Waals surface area contributed by atoms with Crippen LogP contribution < -0.4 is 5.32 Å². The summed E-state index contributed by atoms with van der Waals surface area (Å²) in [5, 5.41) is 2.83. The number of nitrogens with zero attached hydrogens (tertiary/aromatic N) is 1. The number of amides is 3. The molecule has 2 atom stereocenters. The largest absolute Gasteiger partial charge is 0.451 e. The maximum Gasteiger partial charge on any atom is 0.330 e. The fourth-order valence-electron chi connectivity index (χ4n) is 4.15. The van der Waals surface area contributed by atoms with Gasteiger partial charge in [-0.15, -0.1) is 0 Å². The first-order valence-corrected chi connectivity index (χ1v) is 11.1. The molecule has 0 spiro atoms. The number of aryl methyl sites for hydroxylation is 3. The number of hydrogen-bond donors (Lipinski definition) is 1. The van der Waals surface area contributed by atoms with Crippen molar-refractivity contribution in [1.29, 1.82) is 0 Å². The second-order valence-electron chi connectivity index (χ2n) is 9.01. The lowest BCUT2D eigenvalue weighted by Gasteiger charge is -2.27. The van der Waals surface area contributed by atoms with Crippen LogP contribution in [0.4, 0.5) is 5.69 Å². The second kappa shape index (κ2) is 9.57. The lowest BCUT2D eigenvalue weighted by Crippen LogP contribution is -2.48. The summed E-state index contributed by atoms with van der Waals surface area (Å²) in [6.45, 7) is 11.0. The number of anilines is 1. The number of hydrogen-bond acceptors (Lipinski definition) is 5. The lowest BCUT2D eigenvalue weighted by molar-refractivity contribution is -0.157. The molecule has 0 radical (unpaired) electrons. The van der Waals surface area contributed by atoms with E-state index in [2.05, 4.69) is 5.32 Å². The summed E-state index contributed by atoms with van der Waals surface area (Å²) < 4.78 is 5.46. The molecule has 1 aliphatic rings. The zero-order valence-electron chi connectivity index (χ0n) is 19.9. The van der Waals surface area contributed by atoms with Crippen molar-refractivity contribution in [2.45, 2.75) is 60.1 Å². The Bertz CT molecular complexity index is 1060. The molecule has 174 valence electrons. The van der Waals surface area contributed by atoms with Crippen molar-refractivity contribution >= 4 is 29.4 Å². The standard InChI is InChI=1S/C26H30N2O5/c1-14(2)11-21(28-24(30)19-9-7-8-10-20(19)25(28)31)26(32)33-18(6)23(29)27-22-16(4)12-15(3)13-17(22)5/h7-10,12-14,18,21H,11H2,1-6H3,(H,27,29). The molecule has 7 nitrogen and oxygen atoms in total. The Labute approximate surface area is 194 Å². The fourth-order valence-corrected chi connectivity index (χ4v) is 4.15. The van der Waals surface area contributed by atoms with Crippen molar-refractivity contribution in [2.75, 3.05) is 5.32 Å². The number of esters is 1. The molecule has 1 aliphatic heterocycles. The molecular weight excluding hydrogens is 420 g/mol. The van der Waals surface area contributed by atoms with Crippen LogP contribution in [0.5, 0.6) is 0 Å². The van der Waals surface area contributed by atoms with E-state index in [9.17, 15) is 19.2 Å². The third-order valence-electron chi connectivity index (χ3n) is 5.69. The van der Waals surface area contributed by atoms with E-state index in [1.54, 1.807) is 24.3 Å². The first-order chi connectivity index (χ1) is 15.5. The molecule has 0 aliphatic carbocycles. The van der Waals surface area contributed by atoms with Crippen molar-refractivity contribution in [2.24, 2.45) is 5.92 Å². The summed E-state index contributed by atoms with van der Waals surface area (Å²) >= 11 is 0. The van der Waals surface area contributed by atoms with E-state index in [1.165, 1.54) is 6.92 Å². The molecule has 7 heteroatoms. The van der Waals surface area contributed by atoms with Gasteiger partial charge in [0, 0.05) is 5.69 Å². The Morgan fingerprint density at radius 2 is 1.45 bits per heavy atom. The van der Waals surface area contributed by atoms with Gasteiger partial charge in [0.05, 0.1) is 11.1 Å². The van der Waals surface area contributed by atoms with Crippen molar-refractivity contribution < 1.29 is 23.9 Å². The predicted molar refractivity (Wildman–Crippen MR) is 125 cm³/mol. The molecule has 0 bridgehead atoms. The third-order valence-corrected chi connectivity index (χ3v) is 5.69. The van der Waals surface area contributed by atoms with Crippen LogP contribution in [-0.4, -0.2) is 40.7 Å². The Kier molecular flexibility index (Phi) is 7.01. The Hall–Kier alpha value is -3.48. The molecule has 2 aromatic carbocycles. The number of benzene rings is 2. The lowest BCUT2D eigenvalue weighted by atomic mass is 10.0. The molecule has 1 N–H and O–H groups in total. The van der Waals surface area contributed by atoms with Gasteiger partial charge in [-0.2, -0.15) is 0 Å². The summed E-state index contributed by atoms with van der Waals surface area (Å²) in [6, 6.07) is 9.27. The van der Waals surface area contributed by atoms with Crippen molar-refractivity contribution in [1.82, 2.24) is 4.90 Å². The van der Waals surface area contributed by atoms with E-state index in [0.717, 1.165) is 21.6 Å². The van der Waals surface area contributed by atoms with Gasteiger partial charge in [0.25, 0.3) is 17.7 Å². The van der Waals surface area contributed by atoms with Crippen molar-refractivity contribution in [3.63, 3.8) is 0 Å². The highest BCUT2D eigenvalue weighted by Gasteiger charge is 2.44. The van der Waals surface area contributed by atoms with Gasteiger partial charge in [0.2, 0.25) is 0 Å². The molecule has 2 aromatic rings. The van der Waals surface area contributed by atoms with Gasteiger partial charge in [0.1, 0.15) is 6.04 Å². The summed E-state index contributed by atoms with van der Waals surface area (Å²) in [6.07, 6.45) is -0.878. The first-order valence-electron chi connectivity index (χ1n) is 11.1. The normalized spacial score (nSPS) is 14.8. The minimum absolute atomic E-state index is 0.00820. The number of carbonyl (C=O) groups excluding carboxylic acids is 4. The van der Waals surface area contributed by atoms with Crippen molar-refractivity contribution in [3.8, 4) is 0 Å². The van der Waals surface area contributed by atoms with Crippen LogP contribution in [0.2, 0.25) is 0 Å². The maximum atomic E-state index is 13.1. The molecule has 0 saturated carbocycles. The monoisotopic (exact) mass is 450 g/mol. The minimum Gasteiger partial charge on any atom is -0.451 e. The molecule has 0 aromatic heterocycles. The molecule has 1 heterocycles. The average molecular weight is 451 g/mol. The van der Waals surface area contributed by atoms with E-state index >= 15 is 0 Å². The average Bonchev–Trinajstić information content (AvgIpc) is 2.99. The van der Waals surface area contributed by atoms with Gasteiger partial charge in [-0.3, -0.25) is 19.3 Å². The molecule has 0 saturated heterocycles. The minimum atomic E-state index is -1.12. The number of imide groups is 1. The highest BCUT2D eigenvalue weighted by atomic mass is 16.5. The Morgan fingerprint density at radius 1 is 0.939 bits per heavy atom. The number of rotatable bonds is 7. The van der Waals surface area contributed by atoms with E-state index in [0.29, 0.717) is 5.69 Å². The fraction of sp³-hybridized carbons (Fsp3) is 0.385. The molecule has 3 amide bonds. The summed E-state index contributed by atoms with van der Waals surface area (Å²) in [5.41, 5.74) is 4.10. The van der Waals surface area contributed by atoms with E-state index in [-0.39, 0.29) is 23.5 Å². The number of nitrogens with one attached hydrogen (secondary N) is 1. The van der Waals surface area contributed by atoms with Crippen molar-refractivity contribution in [3.05, 3.63) is 64.2 Å². The van der Waals surface area contributed by atoms with Crippen LogP contribution in [0.15, 0.2) is 36.4 Å². The molecule has 0 fully saturated rings. The molecule has 33 heavy (non-hydrogen) atoms. The van der Waals surface area contributed by atoms with Crippen LogP contribution in [0.3, 0.4) is 0 Å². The van der Waals surface area contributed by atoms with Crippen LogP contribution in [0, 0.1) is 26.7 Å². The van der Waals surface area contributed by atoms with Gasteiger partial charge < -0.3 is 10.1 Å². The SMILES string of the molecule is Cc1cc(C)c(NC(=O)C(C)OC(=O)C(CC(C)C)N2C(=O)c3ccccc3C2=O)c(C)c1. The summed E-state index contributed by atoms with van der Waals surface area (Å²) in [5.74, 6) is -2.31. The Morgan fingerprint density at radius 3 is 1.94 bits per heavy atom. The van der Waals surface area contributed by atoms with Gasteiger partial charge in [-0.05, 0) is 63.3 Å². The number of fused-ring (bicyclic) bond motifs is 1. The maximum absolute atomic E-state index is 13.1. The van der Waals surface area contributed by atoms with Gasteiger partial charge in [-0.1, -0.05) is 43.7 Å². The van der Waals surface area contributed by atoms with Crippen LogP contribution >= 0.6 is 0 Å². The molecule has 3 rings (SSSR count). The zero-order valence-corrected chi connectivity index (χ0v) is 19.9. The zero-order chi connectivity index (χ0) is 24.4. The molecule has 2 unspecified atom stereocenters. The van der Waals surface area contributed by atoms with Crippen LogP contribution in [0.25, 0.3) is 0 Å². The van der Waals surface area contributed by atoms with E-state index in [1.807, 2.05) is 46.8 Å². The number of carbonyl (C=O) groups is 4. The number of ether oxygens (including phenoxy) is 1. The van der Waals surface area contributed by atoms with Gasteiger partial charge in [0.15, 0.2) is 6.10 Å². The van der Waals surface area contributed by atoms with Crippen LogP contribution in [-0.2, 0) is 14.3 Å². The van der Waals surface area contributed by atoms with E-state index in [4.69, 9.17) is 4.74 Å². The van der Waals surface area contributed by atoms with Gasteiger partial charge in [-0.25, -0.2) is 4.79 Å². The highest BCUT2D eigenvalue weighted by molar-refractivity contribution is 6.22. The van der Waals surface area contributed by atoms with Gasteiger partial charge >= 0.3 is 5.97 Å². The summed E-state index contributed by atoms with van der Waals surface area (Å²) in [4.78, 5) is 52.7.